The Hall–Kier alpha value is -1.92. The second-order valence-corrected chi connectivity index (χ2v) is 4.42. The summed E-state index contributed by atoms with van der Waals surface area (Å²) in [5.41, 5.74) is 6.93. The number of anilines is 2. The Morgan fingerprint density at radius 1 is 1.40 bits per heavy atom. The van der Waals surface area contributed by atoms with E-state index in [2.05, 4.69) is 5.32 Å². The van der Waals surface area contributed by atoms with E-state index in [1.165, 1.54) is 18.0 Å². The normalized spacial score (nSPS) is 11.2. The minimum atomic E-state index is -4.20. The Bertz CT molecular complexity index is 474. The molecule has 1 aromatic rings. The molecule has 1 amide bonds. The number of hydrogen-bond donors (Lipinski definition) is 2. The topological polar surface area (TPSA) is 58.4 Å². The number of carbonyl (C=O) groups excluding carboxylic acids is 1. The van der Waals surface area contributed by atoms with Gasteiger partial charge in [0.1, 0.15) is 0 Å². The van der Waals surface area contributed by atoms with E-state index in [1.807, 2.05) is 0 Å². The summed E-state index contributed by atoms with van der Waals surface area (Å²) in [7, 11) is 1.53. The average molecular weight is 289 g/mol. The number of rotatable bonds is 5. The number of alkyl halides is 3. The van der Waals surface area contributed by atoms with Gasteiger partial charge in [-0.2, -0.15) is 13.2 Å². The average Bonchev–Trinajstić information content (AvgIpc) is 2.35. The molecule has 20 heavy (non-hydrogen) atoms. The van der Waals surface area contributed by atoms with Crippen molar-refractivity contribution >= 4 is 17.3 Å². The monoisotopic (exact) mass is 289 g/mol. The Labute approximate surface area is 115 Å². The lowest BCUT2D eigenvalue weighted by molar-refractivity contribution is -0.132. The molecule has 0 aliphatic carbocycles. The number of amides is 1. The number of hydrogen-bond acceptors (Lipinski definition) is 3. The molecule has 0 saturated carbocycles. The zero-order valence-electron chi connectivity index (χ0n) is 11.4. The van der Waals surface area contributed by atoms with E-state index in [-0.39, 0.29) is 18.1 Å². The number of benzene rings is 1. The smallest absolute Gasteiger partial charge is 0.390 e. The third kappa shape index (κ3) is 4.64. The van der Waals surface area contributed by atoms with Crippen LogP contribution < -0.4 is 16.0 Å². The molecule has 0 saturated heterocycles. The van der Waals surface area contributed by atoms with Crippen LogP contribution in [0.4, 0.5) is 24.5 Å². The van der Waals surface area contributed by atoms with Crippen molar-refractivity contribution in [2.75, 3.05) is 30.8 Å². The van der Waals surface area contributed by atoms with Crippen molar-refractivity contribution < 1.29 is 18.0 Å². The zero-order valence-corrected chi connectivity index (χ0v) is 11.4. The first kappa shape index (κ1) is 16.1. The lowest BCUT2D eigenvalue weighted by Crippen LogP contribution is -2.25. The highest BCUT2D eigenvalue weighted by Gasteiger charge is 2.27. The van der Waals surface area contributed by atoms with Crippen molar-refractivity contribution in [2.45, 2.75) is 19.5 Å². The first-order chi connectivity index (χ1) is 9.24. The number of nitrogen functional groups attached to an aromatic ring is 1. The van der Waals surface area contributed by atoms with Crippen molar-refractivity contribution in [3.8, 4) is 0 Å². The van der Waals surface area contributed by atoms with Crippen LogP contribution in [0.1, 0.15) is 23.7 Å². The predicted molar refractivity (Wildman–Crippen MR) is 72.8 cm³/mol. The fourth-order valence-electron chi connectivity index (χ4n) is 1.72. The van der Waals surface area contributed by atoms with E-state index in [4.69, 9.17) is 5.73 Å². The van der Waals surface area contributed by atoms with Crippen molar-refractivity contribution in [2.24, 2.45) is 0 Å². The van der Waals surface area contributed by atoms with Gasteiger partial charge in [-0.1, -0.05) is 0 Å². The van der Waals surface area contributed by atoms with E-state index in [1.54, 1.807) is 19.1 Å². The molecule has 112 valence electrons. The largest absolute Gasteiger partial charge is 0.397 e. The van der Waals surface area contributed by atoms with Gasteiger partial charge in [0.25, 0.3) is 5.91 Å². The minimum absolute atomic E-state index is 0.186. The maximum absolute atomic E-state index is 12.2. The van der Waals surface area contributed by atoms with Gasteiger partial charge in [0.2, 0.25) is 0 Å². The highest BCUT2D eigenvalue weighted by molar-refractivity contribution is 5.96. The van der Waals surface area contributed by atoms with Gasteiger partial charge in [-0.05, 0) is 25.1 Å². The van der Waals surface area contributed by atoms with Crippen LogP contribution in [0.15, 0.2) is 18.2 Å². The molecule has 0 atom stereocenters. The molecule has 0 unspecified atom stereocenters. The highest BCUT2D eigenvalue weighted by Crippen LogP contribution is 2.26. The van der Waals surface area contributed by atoms with Gasteiger partial charge in [-0.15, -0.1) is 0 Å². The van der Waals surface area contributed by atoms with Gasteiger partial charge in [-0.25, -0.2) is 0 Å². The molecular formula is C13H18F3N3O. The van der Waals surface area contributed by atoms with Crippen LogP contribution in [-0.2, 0) is 0 Å². The summed E-state index contributed by atoms with van der Waals surface area (Å²) in [6.07, 6.45) is -5.12. The Morgan fingerprint density at radius 2 is 2.05 bits per heavy atom. The Morgan fingerprint density at radius 3 is 2.55 bits per heavy atom. The van der Waals surface area contributed by atoms with E-state index in [0.717, 1.165) is 0 Å². The van der Waals surface area contributed by atoms with Crippen LogP contribution in [0.25, 0.3) is 0 Å². The first-order valence-corrected chi connectivity index (χ1v) is 6.20. The molecule has 0 aliphatic rings. The summed E-state index contributed by atoms with van der Waals surface area (Å²) in [6.45, 7) is 2.10. The molecular weight excluding hydrogens is 271 g/mol. The van der Waals surface area contributed by atoms with Crippen LogP contribution in [0.3, 0.4) is 0 Å². The van der Waals surface area contributed by atoms with Gasteiger partial charge in [0, 0.05) is 25.7 Å². The van der Waals surface area contributed by atoms with E-state index in [9.17, 15) is 18.0 Å². The van der Waals surface area contributed by atoms with Gasteiger partial charge >= 0.3 is 6.18 Å². The fraction of sp³-hybridized carbons (Fsp3) is 0.462. The maximum atomic E-state index is 12.2. The summed E-state index contributed by atoms with van der Waals surface area (Å²) in [4.78, 5) is 13.0. The summed E-state index contributed by atoms with van der Waals surface area (Å²) in [5, 5.41) is 2.63. The maximum Gasteiger partial charge on any atom is 0.390 e. The second kappa shape index (κ2) is 6.49. The van der Waals surface area contributed by atoms with Crippen LogP contribution in [0.2, 0.25) is 0 Å². The van der Waals surface area contributed by atoms with Crippen LogP contribution in [0.5, 0.6) is 0 Å². The summed E-state index contributed by atoms with van der Waals surface area (Å²) >= 11 is 0. The summed E-state index contributed by atoms with van der Waals surface area (Å²) < 4.78 is 36.5. The molecule has 3 N–H and O–H groups in total. The Kier molecular flexibility index (Phi) is 5.24. The molecule has 0 bridgehead atoms. The number of nitrogens with two attached hydrogens (primary N) is 1. The number of carbonyl (C=O) groups is 1. The van der Waals surface area contributed by atoms with Gasteiger partial charge < -0.3 is 16.0 Å². The standard InChI is InChI=1S/C13H18F3N3O/c1-3-18-12(20)9-4-5-11(10(17)8-9)19(2)7-6-13(14,15)16/h4-5,8H,3,6-7,17H2,1-2H3,(H,18,20). The van der Waals surface area contributed by atoms with Crippen molar-refractivity contribution in [1.82, 2.24) is 5.32 Å². The zero-order chi connectivity index (χ0) is 15.3. The van der Waals surface area contributed by atoms with Crippen LogP contribution >= 0.6 is 0 Å². The lowest BCUT2D eigenvalue weighted by atomic mass is 10.1. The molecule has 0 radical (unpaired) electrons. The molecule has 0 spiro atoms. The number of halogens is 3. The molecule has 1 aromatic carbocycles. The van der Waals surface area contributed by atoms with Gasteiger partial charge in [0.05, 0.1) is 17.8 Å². The Balaban J connectivity index is 2.79. The molecule has 7 heteroatoms. The van der Waals surface area contributed by atoms with Crippen molar-refractivity contribution in [1.29, 1.82) is 0 Å². The molecule has 0 aromatic heterocycles. The molecule has 0 heterocycles. The fourth-order valence-corrected chi connectivity index (χ4v) is 1.72. The predicted octanol–water partition coefficient (Wildman–Crippen LogP) is 2.41. The van der Waals surface area contributed by atoms with Crippen molar-refractivity contribution in [3.05, 3.63) is 23.8 Å². The molecule has 0 fully saturated rings. The van der Waals surface area contributed by atoms with Crippen LogP contribution in [0, 0.1) is 0 Å². The lowest BCUT2D eigenvalue weighted by Gasteiger charge is -2.22. The third-order valence-corrected chi connectivity index (χ3v) is 2.77. The highest BCUT2D eigenvalue weighted by atomic mass is 19.4. The number of nitrogens with one attached hydrogen (secondary N) is 1. The SMILES string of the molecule is CCNC(=O)c1ccc(N(C)CCC(F)(F)F)c(N)c1. The van der Waals surface area contributed by atoms with E-state index < -0.39 is 12.6 Å². The quantitative estimate of drug-likeness (QED) is 0.818. The van der Waals surface area contributed by atoms with Gasteiger partial charge in [-0.3, -0.25) is 4.79 Å². The van der Waals surface area contributed by atoms with E-state index >= 15 is 0 Å². The minimum Gasteiger partial charge on any atom is -0.397 e. The first-order valence-electron chi connectivity index (χ1n) is 6.20. The number of nitrogens with zero attached hydrogens (tertiary/aromatic N) is 1. The third-order valence-electron chi connectivity index (χ3n) is 2.77. The van der Waals surface area contributed by atoms with Crippen LogP contribution in [-0.4, -0.2) is 32.2 Å². The summed E-state index contributed by atoms with van der Waals surface area (Å²) in [5.74, 6) is -0.260. The van der Waals surface area contributed by atoms with Gasteiger partial charge in [0.15, 0.2) is 0 Å². The summed E-state index contributed by atoms with van der Waals surface area (Å²) in [6, 6.07) is 4.56. The molecule has 4 nitrogen and oxygen atoms in total. The van der Waals surface area contributed by atoms with Crippen molar-refractivity contribution in [3.63, 3.8) is 0 Å². The molecule has 1 rings (SSSR count). The second-order valence-electron chi connectivity index (χ2n) is 4.42. The van der Waals surface area contributed by atoms with E-state index in [0.29, 0.717) is 17.8 Å². The molecule has 0 aliphatic heterocycles.